The van der Waals surface area contributed by atoms with E-state index in [4.69, 9.17) is 4.74 Å². The predicted octanol–water partition coefficient (Wildman–Crippen LogP) is 2.92. The van der Waals surface area contributed by atoms with E-state index in [9.17, 15) is 4.79 Å². The molecule has 4 heteroatoms. The Bertz CT molecular complexity index is 493. The number of hydrogen-bond donors (Lipinski definition) is 2. The Morgan fingerprint density at radius 3 is 2.52 bits per heavy atom. The maximum Gasteiger partial charge on any atom is 0.315 e. The highest BCUT2D eigenvalue weighted by Gasteiger charge is 2.25. The molecule has 0 bridgehead atoms. The predicted molar refractivity (Wildman–Crippen MR) is 82.0 cm³/mol. The van der Waals surface area contributed by atoms with Gasteiger partial charge in [-0.25, -0.2) is 4.79 Å². The van der Waals surface area contributed by atoms with Crippen molar-refractivity contribution in [3.05, 3.63) is 48.0 Å². The summed E-state index contributed by atoms with van der Waals surface area (Å²) in [6.07, 6.45) is 7.90. The van der Waals surface area contributed by atoms with Gasteiger partial charge >= 0.3 is 6.03 Å². The Morgan fingerprint density at radius 2 is 1.76 bits per heavy atom. The molecule has 1 fully saturated rings. The van der Waals surface area contributed by atoms with E-state index in [-0.39, 0.29) is 24.2 Å². The Morgan fingerprint density at radius 1 is 1.05 bits per heavy atom. The molecular weight excluding hydrogens is 264 g/mol. The minimum atomic E-state index is -0.0533. The molecule has 0 spiro atoms. The van der Waals surface area contributed by atoms with Gasteiger partial charge in [0.2, 0.25) is 0 Å². The number of carbonyl (C=O) groups excluding carboxylic acids is 1. The molecule has 1 heterocycles. The van der Waals surface area contributed by atoms with E-state index in [0.29, 0.717) is 6.61 Å². The van der Waals surface area contributed by atoms with E-state index in [2.05, 4.69) is 34.9 Å². The van der Waals surface area contributed by atoms with Gasteiger partial charge in [0.15, 0.2) is 0 Å². The van der Waals surface area contributed by atoms with Crippen LogP contribution in [0.2, 0.25) is 0 Å². The van der Waals surface area contributed by atoms with Crippen LogP contribution in [0.25, 0.3) is 0 Å². The first kappa shape index (κ1) is 14.1. The fourth-order valence-electron chi connectivity index (χ4n) is 2.98. The maximum atomic E-state index is 12.0. The topological polar surface area (TPSA) is 50.4 Å². The quantitative estimate of drug-likeness (QED) is 0.839. The second kappa shape index (κ2) is 6.76. The molecular formula is C17H22N2O2. The summed E-state index contributed by atoms with van der Waals surface area (Å²) in [5, 5.41) is 6.12. The SMILES string of the molecule is O=C(NC1CC=CC1)N[C@H]1CCO[C@H](c2ccccc2)C1. The molecule has 2 N–H and O–H groups in total. The van der Waals surface area contributed by atoms with Crippen LogP contribution in [0.4, 0.5) is 4.79 Å². The van der Waals surface area contributed by atoms with Crippen LogP contribution in [-0.4, -0.2) is 24.7 Å². The molecule has 3 rings (SSSR count). The van der Waals surface area contributed by atoms with Crippen LogP contribution in [0.15, 0.2) is 42.5 Å². The van der Waals surface area contributed by atoms with Gasteiger partial charge in [0.05, 0.1) is 6.10 Å². The molecule has 2 amide bonds. The average Bonchev–Trinajstić information content (AvgIpc) is 3.01. The number of benzene rings is 1. The van der Waals surface area contributed by atoms with E-state index in [1.54, 1.807) is 0 Å². The van der Waals surface area contributed by atoms with Crippen LogP contribution in [-0.2, 0) is 4.74 Å². The average molecular weight is 286 g/mol. The lowest BCUT2D eigenvalue weighted by atomic mass is 9.97. The Kier molecular flexibility index (Phi) is 4.55. The van der Waals surface area contributed by atoms with E-state index < -0.39 is 0 Å². The molecule has 2 aliphatic rings. The Hall–Kier alpha value is -1.81. The fourth-order valence-corrected chi connectivity index (χ4v) is 2.98. The molecule has 1 aromatic carbocycles. The van der Waals surface area contributed by atoms with Crippen molar-refractivity contribution >= 4 is 6.03 Å². The highest BCUT2D eigenvalue weighted by atomic mass is 16.5. The molecule has 2 atom stereocenters. The summed E-state index contributed by atoms with van der Waals surface area (Å²) in [5.74, 6) is 0. The largest absolute Gasteiger partial charge is 0.373 e. The third-order valence-electron chi connectivity index (χ3n) is 4.13. The molecule has 0 saturated carbocycles. The summed E-state index contributed by atoms with van der Waals surface area (Å²) in [7, 11) is 0. The zero-order chi connectivity index (χ0) is 14.5. The zero-order valence-electron chi connectivity index (χ0n) is 12.1. The normalized spacial score (nSPS) is 25.7. The monoisotopic (exact) mass is 286 g/mol. The number of ether oxygens (including phenoxy) is 1. The molecule has 112 valence electrons. The van der Waals surface area contributed by atoms with Crippen molar-refractivity contribution in [2.75, 3.05) is 6.61 Å². The van der Waals surface area contributed by atoms with Gasteiger partial charge in [0.25, 0.3) is 0 Å². The summed E-state index contributed by atoms with van der Waals surface area (Å²) < 4.78 is 5.83. The van der Waals surface area contributed by atoms with Crippen molar-refractivity contribution in [3.8, 4) is 0 Å². The Labute approximate surface area is 125 Å². The van der Waals surface area contributed by atoms with Gasteiger partial charge in [-0.05, 0) is 31.2 Å². The second-order valence-corrected chi connectivity index (χ2v) is 5.75. The highest BCUT2D eigenvalue weighted by molar-refractivity contribution is 5.74. The van der Waals surface area contributed by atoms with Gasteiger partial charge in [0, 0.05) is 18.7 Å². The minimum absolute atomic E-state index is 0.0533. The summed E-state index contributed by atoms with van der Waals surface area (Å²) in [4.78, 5) is 12.0. The fraction of sp³-hybridized carbons (Fsp3) is 0.471. The lowest BCUT2D eigenvalue weighted by Gasteiger charge is -2.30. The van der Waals surface area contributed by atoms with Crippen molar-refractivity contribution in [2.45, 2.75) is 43.9 Å². The van der Waals surface area contributed by atoms with Gasteiger partial charge in [-0.1, -0.05) is 42.5 Å². The molecule has 0 aromatic heterocycles. The number of carbonyl (C=O) groups is 1. The third kappa shape index (κ3) is 3.85. The molecule has 0 radical (unpaired) electrons. The standard InChI is InChI=1S/C17H22N2O2/c20-17(18-14-8-4-5-9-14)19-15-10-11-21-16(12-15)13-6-2-1-3-7-13/h1-7,14-16H,8-12H2,(H2,18,19,20)/t15-,16-/m0/s1. The minimum Gasteiger partial charge on any atom is -0.373 e. The van der Waals surface area contributed by atoms with Crippen LogP contribution in [0, 0.1) is 0 Å². The first-order valence-electron chi connectivity index (χ1n) is 7.70. The Balaban J connectivity index is 1.50. The van der Waals surface area contributed by atoms with E-state index in [0.717, 1.165) is 25.7 Å². The van der Waals surface area contributed by atoms with Gasteiger partial charge in [0.1, 0.15) is 0 Å². The van der Waals surface area contributed by atoms with Crippen LogP contribution in [0.5, 0.6) is 0 Å². The molecule has 1 saturated heterocycles. The van der Waals surface area contributed by atoms with Crippen molar-refractivity contribution < 1.29 is 9.53 Å². The number of amides is 2. The summed E-state index contributed by atoms with van der Waals surface area (Å²) in [6, 6.07) is 10.6. The lowest BCUT2D eigenvalue weighted by molar-refractivity contribution is 0.00222. The van der Waals surface area contributed by atoms with Crippen molar-refractivity contribution in [3.63, 3.8) is 0 Å². The van der Waals surface area contributed by atoms with Crippen LogP contribution in [0.3, 0.4) is 0 Å². The second-order valence-electron chi connectivity index (χ2n) is 5.75. The van der Waals surface area contributed by atoms with Crippen molar-refractivity contribution in [1.82, 2.24) is 10.6 Å². The van der Waals surface area contributed by atoms with Crippen molar-refractivity contribution in [2.24, 2.45) is 0 Å². The van der Waals surface area contributed by atoms with Gasteiger partial charge in [-0.2, -0.15) is 0 Å². The lowest BCUT2D eigenvalue weighted by Crippen LogP contribution is -2.47. The van der Waals surface area contributed by atoms with Gasteiger partial charge in [-0.15, -0.1) is 0 Å². The van der Waals surface area contributed by atoms with E-state index in [1.165, 1.54) is 5.56 Å². The summed E-state index contributed by atoms with van der Waals surface area (Å²) >= 11 is 0. The smallest absolute Gasteiger partial charge is 0.315 e. The van der Waals surface area contributed by atoms with Crippen molar-refractivity contribution in [1.29, 1.82) is 0 Å². The highest BCUT2D eigenvalue weighted by Crippen LogP contribution is 2.27. The first-order valence-corrected chi connectivity index (χ1v) is 7.70. The molecule has 1 aromatic rings. The van der Waals surface area contributed by atoms with Crippen LogP contribution >= 0.6 is 0 Å². The van der Waals surface area contributed by atoms with E-state index in [1.807, 2.05) is 18.2 Å². The molecule has 1 aliphatic heterocycles. The number of rotatable bonds is 3. The van der Waals surface area contributed by atoms with Crippen LogP contribution < -0.4 is 10.6 Å². The van der Waals surface area contributed by atoms with Gasteiger partial charge < -0.3 is 15.4 Å². The summed E-state index contributed by atoms with van der Waals surface area (Å²) in [6.45, 7) is 0.690. The molecule has 0 unspecified atom stereocenters. The maximum absolute atomic E-state index is 12.0. The molecule has 21 heavy (non-hydrogen) atoms. The summed E-state index contributed by atoms with van der Waals surface area (Å²) in [5.41, 5.74) is 1.18. The molecule has 1 aliphatic carbocycles. The van der Waals surface area contributed by atoms with E-state index >= 15 is 0 Å². The number of hydrogen-bond acceptors (Lipinski definition) is 2. The zero-order valence-corrected chi connectivity index (χ0v) is 12.1. The third-order valence-corrected chi connectivity index (χ3v) is 4.13. The van der Waals surface area contributed by atoms with Crippen LogP contribution in [0.1, 0.15) is 37.4 Å². The number of nitrogens with one attached hydrogen (secondary N) is 2. The number of urea groups is 1. The molecule has 4 nitrogen and oxygen atoms in total. The first-order chi connectivity index (χ1) is 10.3. The van der Waals surface area contributed by atoms with Gasteiger partial charge in [-0.3, -0.25) is 0 Å².